The molecule has 0 aliphatic carbocycles. The highest BCUT2D eigenvalue weighted by Gasteiger charge is 2.06. The van der Waals surface area contributed by atoms with Crippen LogP contribution < -0.4 is 0 Å². The van der Waals surface area contributed by atoms with Crippen molar-refractivity contribution in [3.63, 3.8) is 0 Å². The van der Waals surface area contributed by atoms with Crippen molar-refractivity contribution >= 4 is 27.0 Å². The minimum Gasteiger partial charge on any atom is -0.225 e. The van der Waals surface area contributed by atoms with Crippen molar-refractivity contribution in [2.24, 2.45) is 0 Å². The molecule has 1 heterocycles. The molecule has 0 aliphatic heterocycles. The number of fused-ring (bicyclic) bond motifs is 1. The molecule has 17 heavy (non-hydrogen) atoms. The van der Waals surface area contributed by atoms with Gasteiger partial charge in [0.25, 0.3) is 0 Å². The number of hydrogen-bond donors (Lipinski definition) is 0. The molecule has 3 rings (SSSR count). The lowest BCUT2D eigenvalue weighted by molar-refractivity contribution is 1.03. The average Bonchev–Trinajstić information content (AvgIpc) is 2.39. The molecular formula is C13H8BrN3. The van der Waals surface area contributed by atoms with E-state index in [2.05, 4.69) is 31.1 Å². The van der Waals surface area contributed by atoms with Crippen LogP contribution in [0.5, 0.6) is 0 Å². The van der Waals surface area contributed by atoms with Gasteiger partial charge >= 0.3 is 0 Å². The van der Waals surface area contributed by atoms with Crippen molar-refractivity contribution < 1.29 is 0 Å². The average molecular weight is 286 g/mol. The van der Waals surface area contributed by atoms with E-state index in [1.165, 1.54) is 0 Å². The van der Waals surface area contributed by atoms with E-state index < -0.39 is 0 Å². The van der Waals surface area contributed by atoms with Crippen LogP contribution in [0.3, 0.4) is 0 Å². The summed E-state index contributed by atoms with van der Waals surface area (Å²) in [4.78, 5) is 4.50. The van der Waals surface area contributed by atoms with Crippen molar-refractivity contribution in [1.82, 2.24) is 15.2 Å². The molecular weight excluding hydrogens is 278 g/mol. The zero-order valence-corrected chi connectivity index (χ0v) is 10.4. The molecule has 1 aromatic heterocycles. The molecule has 0 saturated carbocycles. The second kappa shape index (κ2) is 4.22. The largest absolute Gasteiger partial charge is 0.225 e. The first-order valence-electron chi connectivity index (χ1n) is 5.19. The molecule has 0 spiro atoms. The SMILES string of the molecule is Brc1ccccc1-c1nnc2ccccc2n1. The molecule has 2 aromatic carbocycles. The smallest absolute Gasteiger partial charge is 0.183 e. The van der Waals surface area contributed by atoms with Gasteiger partial charge in [-0.2, -0.15) is 0 Å². The van der Waals surface area contributed by atoms with Crippen molar-refractivity contribution in [3.05, 3.63) is 53.0 Å². The molecule has 0 N–H and O–H groups in total. The van der Waals surface area contributed by atoms with Crippen LogP contribution in [-0.4, -0.2) is 15.2 Å². The molecule has 0 atom stereocenters. The maximum absolute atomic E-state index is 4.50. The standard InChI is InChI=1S/C13H8BrN3/c14-10-6-2-1-5-9(10)13-15-11-7-3-4-8-12(11)16-17-13/h1-8H. The normalized spacial score (nSPS) is 10.6. The molecule has 3 nitrogen and oxygen atoms in total. The van der Waals surface area contributed by atoms with E-state index in [0.717, 1.165) is 21.1 Å². The highest BCUT2D eigenvalue weighted by molar-refractivity contribution is 9.10. The van der Waals surface area contributed by atoms with Gasteiger partial charge in [0.15, 0.2) is 5.82 Å². The maximum atomic E-state index is 4.50. The quantitative estimate of drug-likeness (QED) is 0.687. The van der Waals surface area contributed by atoms with E-state index in [-0.39, 0.29) is 0 Å². The van der Waals surface area contributed by atoms with Gasteiger partial charge < -0.3 is 0 Å². The third kappa shape index (κ3) is 1.91. The second-order valence-corrected chi connectivity index (χ2v) is 4.46. The van der Waals surface area contributed by atoms with Crippen molar-refractivity contribution in [3.8, 4) is 11.4 Å². The highest BCUT2D eigenvalue weighted by Crippen LogP contribution is 2.25. The Bertz CT molecular complexity index is 682. The first kappa shape index (κ1) is 10.4. The fourth-order valence-electron chi connectivity index (χ4n) is 1.64. The molecule has 0 fully saturated rings. The van der Waals surface area contributed by atoms with Gasteiger partial charge in [0.2, 0.25) is 0 Å². The summed E-state index contributed by atoms with van der Waals surface area (Å²) in [6.45, 7) is 0. The summed E-state index contributed by atoms with van der Waals surface area (Å²) in [5.41, 5.74) is 2.61. The third-order valence-corrected chi connectivity index (χ3v) is 3.17. The monoisotopic (exact) mass is 285 g/mol. The summed E-state index contributed by atoms with van der Waals surface area (Å²) in [7, 11) is 0. The molecule has 0 unspecified atom stereocenters. The maximum Gasteiger partial charge on any atom is 0.183 e. The lowest BCUT2D eigenvalue weighted by Gasteiger charge is -2.02. The van der Waals surface area contributed by atoms with Gasteiger partial charge in [0.1, 0.15) is 5.52 Å². The van der Waals surface area contributed by atoms with Gasteiger partial charge in [-0.3, -0.25) is 0 Å². The van der Waals surface area contributed by atoms with E-state index in [9.17, 15) is 0 Å². The van der Waals surface area contributed by atoms with E-state index in [1.807, 2.05) is 48.5 Å². The van der Waals surface area contributed by atoms with Gasteiger partial charge in [-0.15, -0.1) is 10.2 Å². The lowest BCUT2D eigenvalue weighted by Crippen LogP contribution is -1.94. The molecule has 3 aromatic rings. The summed E-state index contributed by atoms with van der Waals surface area (Å²) in [5.74, 6) is 0.635. The van der Waals surface area contributed by atoms with Crippen LogP contribution in [0, 0.1) is 0 Å². The molecule has 0 saturated heterocycles. The topological polar surface area (TPSA) is 38.7 Å². The predicted octanol–water partition coefficient (Wildman–Crippen LogP) is 3.45. The highest BCUT2D eigenvalue weighted by atomic mass is 79.9. The van der Waals surface area contributed by atoms with Crippen LogP contribution in [0.2, 0.25) is 0 Å². The Hall–Kier alpha value is -1.81. The fourth-order valence-corrected chi connectivity index (χ4v) is 2.10. The van der Waals surface area contributed by atoms with Crippen molar-refractivity contribution in [1.29, 1.82) is 0 Å². The van der Waals surface area contributed by atoms with Gasteiger partial charge in [0, 0.05) is 10.0 Å². The first-order valence-corrected chi connectivity index (χ1v) is 5.98. The second-order valence-electron chi connectivity index (χ2n) is 3.60. The molecule has 4 heteroatoms. The number of aromatic nitrogens is 3. The molecule has 82 valence electrons. The number of halogens is 1. The van der Waals surface area contributed by atoms with Gasteiger partial charge in [-0.1, -0.05) is 40.2 Å². The Morgan fingerprint density at radius 3 is 2.29 bits per heavy atom. The zero-order valence-electron chi connectivity index (χ0n) is 8.84. The predicted molar refractivity (Wildman–Crippen MR) is 70.5 cm³/mol. The minimum absolute atomic E-state index is 0.635. The van der Waals surface area contributed by atoms with Gasteiger partial charge in [0.05, 0.1) is 5.52 Å². The number of hydrogen-bond acceptors (Lipinski definition) is 3. The van der Waals surface area contributed by atoms with E-state index in [4.69, 9.17) is 0 Å². The van der Waals surface area contributed by atoms with Crippen LogP contribution >= 0.6 is 15.9 Å². The van der Waals surface area contributed by atoms with Crippen LogP contribution in [0.4, 0.5) is 0 Å². The van der Waals surface area contributed by atoms with Crippen molar-refractivity contribution in [2.45, 2.75) is 0 Å². The summed E-state index contributed by atoms with van der Waals surface area (Å²) < 4.78 is 0.970. The summed E-state index contributed by atoms with van der Waals surface area (Å²) in [6, 6.07) is 15.6. The van der Waals surface area contributed by atoms with Gasteiger partial charge in [-0.05, 0) is 24.3 Å². The first-order chi connectivity index (χ1) is 8.34. The fraction of sp³-hybridized carbons (Fsp3) is 0. The Labute approximate surface area is 107 Å². The molecule has 0 bridgehead atoms. The van der Waals surface area contributed by atoms with E-state index in [1.54, 1.807) is 0 Å². The zero-order chi connectivity index (χ0) is 11.7. The lowest BCUT2D eigenvalue weighted by atomic mass is 10.2. The molecule has 0 amide bonds. The molecule has 0 radical (unpaired) electrons. The summed E-state index contributed by atoms with van der Waals surface area (Å²) in [6.07, 6.45) is 0. The Balaban J connectivity index is 2.22. The third-order valence-electron chi connectivity index (χ3n) is 2.48. The Morgan fingerprint density at radius 1 is 0.765 bits per heavy atom. The number of benzene rings is 2. The summed E-state index contributed by atoms with van der Waals surface area (Å²) >= 11 is 3.49. The number of rotatable bonds is 1. The van der Waals surface area contributed by atoms with Crippen molar-refractivity contribution in [2.75, 3.05) is 0 Å². The van der Waals surface area contributed by atoms with Gasteiger partial charge in [-0.25, -0.2) is 4.98 Å². The summed E-state index contributed by atoms with van der Waals surface area (Å²) in [5, 5.41) is 8.31. The van der Waals surface area contributed by atoms with E-state index in [0.29, 0.717) is 5.82 Å². The van der Waals surface area contributed by atoms with Crippen LogP contribution in [0.15, 0.2) is 53.0 Å². The number of para-hydroxylation sites is 1. The molecule has 0 aliphatic rings. The Kier molecular flexibility index (Phi) is 2.57. The van der Waals surface area contributed by atoms with Crippen LogP contribution in [0.25, 0.3) is 22.4 Å². The van der Waals surface area contributed by atoms with Crippen LogP contribution in [-0.2, 0) is 0 Å². The Morgan fingerprint density at radius 2 is 1.47 bits per heavy atom. The number of nitrogens with zero attached hydrogens (tertiary/aromatic N) is 3. The minimum atomic E-state index is 0.635. The van der Waals surface area contributed by atoms with Crippen LogP contribution in [0.1, 0.15) is 0 Å². The van der Waals surface area contributed by atoms with E-state index >= 15 is 0 Å².